The molecule has 1 aliphatic heterocycles. The van der Waals surface area contributed by atoms with E-state index < -0.39 is 17.2 Å². The highest BCUT2D eigenvalue weighted by molar-refractivity contribution is 5.87. The van der Waals surface area contributed by atoms with E-state index in [0.29, 0.717) is 42.9 Å². The second kappa shape index (κ2) is 10.9. The summed E-state index contributed by atoms with van der Waals surface area (Å²) in [6.45, 7) is 11.9. The van der Waals surface area contributed by atoms with Crippen molar-refractivity contribution in [2.24, 2.45) is 7.05 Å². The molecule has 0 atom stereocenters. The van der Waals surface area contributed by atoms with Crippen molar-refractivity contribution in [2.75, 3.05) is 36.4 Å². The lowest BCUT2D eigenvalue weighted by Crippen LogP contribution is -2.50. The molecule has 1 saturated heterocycles. The van der Waals surface area contributed by atoms with Gasteiger partial charge in [-0.15, -0.1) is 0 Å². The van der Waals surface area contributed by atoms with Crippen molar-refractivity contribution in [3.05, 3.63) is 54.0 Å². The molecule has 3 aromatic heterocycles. The van der Waals surface area contributed by atoms with Gasteiger partial charge >= 0.3 is 6.09 Å². The molecule has 0 radical (unpaired) electrons. The number of piperazine rings is 1. The van der Waals surface area contributed by atoms with Crippen molar-refractivity contribution in [2.45, 2.75) is 46.1 Å². The number of hydrogen-bond donors (Lipinski definition) is 1. The van der Waals surface area contributed by atoms with Crippen LogP contribution >= 0.6 is 0 Å². The van der Waals surface area contributed by atoms with Crippen LogP contribution in [-0.2, 0) is 11.8 Å². The average Bonchev–Trinajstić information content (AvgIpc) is 3.26. The molecule has 1 amide bonds. The standard InChI is InChI=1S/C29H34F2N8O2/c1-17(2)26-20-13-18(14-21(30)25(20)36-37(26)6)24-22(31)16-33-27(35-24)34-23-8-7-19(15-32-23)38-9-11-39(12-10-38)28(40)41-29(3,4)5/h7-8,13-17H,9-12H2,1-6H3,(H,32,33,34,35). The van der Waals surface area contributed by atoms with Crippen LogP contribution in [0.2, 0.25) is 0 Å². The number of carbonyl (C=O) groups is 1. The molecule has 0 saturated carbocycles. The number of hydrogen-bond acceptors (Lipinski definition) is 8. The molecule has 41 heavy (non-hydrogen) atoms. The lowest BCUT2D eigenvalue weighted by molar-refractivity contribution is 0.0240. The first-order valence-electron chi connectivity index (χ1n) is 13.5. The van der Waals surface area contributed by atoms with Crippen LogP contribution in [0.3, 0.4) is 0 Å². The maximum absolute atomic E-state index is 15.0. The molecular weight excluding hydrogens is 530 g/mol. The zero-order valence-corrected chi connectivity index (χ0v) is 24.1. The molecule has 10 nitrogen and oxygen atoms in total. The van der Waals surface area contributed by atoms with Crippen molar-refractivity contribution >= 4 is 34.4 Å². The summed E-state index contributed by atoms with van der Waals surface area (Å²) >= 11 is 0. The minimum absolute atomic E-state index is 0.0265. The molecule has 1 aliphatic rings. The van der Waals surface area contributed by atoms with Gasteiger partial charge in [0.1, 0.15) is 22.6 Å². The average molecular weight is 565 g/mol. The van der Waals surface area contributed by atoms with Gasteiger partial charge in [0.15, 0.2) is 11.6 Å². The predicted molar refractivity (Wildman–Crippen MR) is 153 cm³/mol. The van der Waals surface area contributed by atoms with E-state index in [9.17, 15) is 13.6 Å². The Morgan fingerprint density at radius 1 is 1.02 bits per heavy atom. The fourth-order valence-electron chi connectivity index (χ4n) is 4.96. The summed E-state index contributed by atoms with van der Waals surface area (Å²) in [6.07, 6.45) is 2.46. The van der Waals surface area contributed by atoms with Crippen LogP contribution in [0.25, 0.3) is 22.2 Å². The Balaban J connectivity index is 1.30. The maximum atomic E-state index is 15.0. The van der Waals surface area contributed by atoms with E-state index in [1.807, 2.05) is 40.7 Å². The number of fused-ring (bicyclic) bond motifs is 1. The van der Waals surface area contributed by atoms with Gasteiger partial charge in [-0.2, -0.15) is 5.10 Å². The van der Waals surface area contributed by atoms with E-state index in [2.05, 4.69) is 30.3 Å². The Labute approximate surface area is 237 Å². The first kappa shape index (κ1) is 28.2. The molecule has 1 N–H and O–H groups in total. The number of aromatic nitrogens is 5. The Morgan fingerprint density at radius 2 is 1.76 bits per heavy atom. The monoisotopic (exact) mass is 564 g/mol. The molecule has 4 aromatic rings. The molecule has 216 valence electrons. The number of nitrogens with zero attached hydrogens (tertiary/aromatic N) is 7. The summed E-state index contributed by atoms with van der Waals surface area (Å²) in [5.74, 6) is -0.525. The van der Waals surface area contributed by atoms with Gasteiger partial charge < -0.3 is 19.9 Å². The van der Waals surface area contributed by atoms with Crippen molar-refractivity contribution in [3.8, 4) is 11.3 Å². The molecule has 12 heteroatoms. The Kier molecular flexibility index (Phi) is 7.50. The van der Waals surface area contributed by atoms with Crippen LogP contribution in [-0.4, -0.2) is 67.5 Å². The summed E-state index contributed by atoms with van der Waals surface area (Å²) in [7, 11) is 1.77. The normalized spacial score (nSPS) is 14.2. The van der Waals surface area contributed by atoms with Crippen molar-refractivity contribution in [3.63, 3.8) is 0 Å². The highest BCUT2D eigenvalue weighted by Crippen LogP contribution is 2.32. The number of ether oxygens (including phenoxy) is 1. The fourth-order valence-corrected chi connectivity index (χ4v) is 4.96. The van der Waals surface area contributed by atoms with Gasteiger partial charge in [0, 0.05) is 49.9 Å². The van der Waals surface area contributed by atoms with Crippen LogP contribution < -0.4 is 10.2 Å². The smallest absolute Gasteiger partial charge is 0.410 e. The van der Waals surface area contributed by atoms with Crippen LogP contribution in [0, 0.1) is 11.6 Å². The molecule has 5 rings (SSSR count). The van der Waals surface area contributed by atoms with Gasteiger partial charge in [-0.25, -0.2) is 28.5 Å². The molecule has 0 aliphatic carbocycles. The molecular formula is C29H34F2N8O2. The van der Waals surface area contributed by atoms with Crippen molar-refractivity contribution in [1.82, 2.24) is 29.6 Å². The van der Waals surface area contributed by atoms with E-state index in [1.165, 1.54) is 6.07 Å². The summed E-state index contributed by atoms with van der Waals surface area (Å²) < 4.78 is 37.0. The summed E-state index contributed by atoms with van der Waals surface area (Å²) in [4.78, 5) is 29.0. The van der Waals surface area contributed by atoms with Crippen LogP contribution in [0.4, 0.5) is 31.0 Å². The minimum atomic E-state index is -0.668. The second-order valence-corrected chi connectivity index (χ2v) is 11.4. The highest BCUT2D eigenvalue weighted by atomic mass is 19.1. The molecule has 1 fully saturated rings. The molecule has 1 aromatic carbocycles. The molecule has 0 unspecified atom stereocenters. The number of benzene rings is 1. The number of nitrogens with one attached hydrogen (secondary N) is 1. The third kappa shape index (κ3) is 6.06. The predicted octanol–water partition coefficient (Wildman–Crippen LogP) is 5.63. The third-order valence-electron chi connectivity index (χ3n) is 6.79. The zero-order chi connectivity index (χ0) is 29.5. The van der Waals surface area contributed by atoms with Crippen LogP contribution in [0.5, 0.6) is 0 Å². The van der Waals surface area contributed by atoms with Gasteiger partial charge in [-0.1, -0.05) is 13.8 Å². The van der Waals surface area contributed by atoms with E-state index in [-0.39, 0.29) is 29.2 Å². The minimum Gasteiger partial charge on any atom is -0.444 e. The first-order chi connectivity index (χ1) is 19.4. The highest BCUT2D eigenvalue weighted by Gasteiger charge is 2.26. The Bertz CT molecular complexity index is 1570. The number of rotatable bonds is 5. The fraction of sp³-hybridized carbons (Fsp3) is 0.414. The third-order valence-corrected chi connectivity index (χ3v) is 6.79. The first-order valence-corrected chi connectivity index (χ1v) is 13.5. The Morgan fingerprint density at radius 3 is 2.39 bits per heavy atom. The van der Waals surface area contributed by atoms with Crippen LogP contribution in [0.1, 0.15) is 46.2 Å². The van der Waals surface area contributed by atoms with Crippen molar-refractivity contribution < 1.29 is 18.3 Å². The molecule has 4 heterocycles. The number of halogens is 2. The lowest BCUT2D eigenvalue weighted by atomic mass is 10.0. The largest absolute Gasteiger partial charge is 0.444 e. The van der Waals surface area contributed by atoms with Crippen LogP contribution in [0.15, 0.2) is 36.7 Å². The van der Waals surface area contributed by atoms with E-state index in [4.69, 9.17) is 4.74 Å². The van der Waals surface area contributed by atoms with E-state index >= 15 is 0 Å². The molecule has 0 bridgehead atoms. The molecule has 0 spiro atoms. The van der Waals surface area contributed by atoms with Gasteiger partial charge in [0.2, 0.25) is 5.95 Å². The van der Waals surface area contributed by atoms with E-state index in [0.717, 1.165) is 17.6 Å². The second-order valence-electron chi connectivity index (χ2n) is 11.4. The summed E-state index contributed by atoms with van der Waals surface area (Å²) in [5.41, 5.74) is 1.73. The SMILES string of the molecule is CC(C)c1c2cc(-c3nc(Nc4ccc(N5CCN(C(=O)OC(C)(C)C)CC5)cn4)ncc3F)cc(F)c2nn1C. The van der Waals surface area contributed by atoms with Crippen molar-refractivity contribution in [1.29, 1.82) is 0 Å². The van der Waals surface area contributed by atoms with Gasteiger partial charge in [-0.3, -0.25) is 4.68 Å². The van der Waals surface area contributed by atoms with Gasteiger partial charge in [0.25, 0.3) is 0 Å². The zero-order valence-electron chi connectivity index (χ0n) is 24.1. The number of carbonyl (C=O) groups excluding carboxylic acids is 1. The van der Waals surface area contributed by atoms with Gasteiger partial charge in [0.05, 0.1) is 18.1 Å². The number of anilines is 3. The summed E-state index contributed by atoms with van der Waals surface area (Å²) in [6, 6.07) is 6.64. The maximum Gasteiger partial charge on any atom is 0.410 e. The quantitative estimate of drug-likeness (QED) is 0.333. The lowest BCUT2D eigenvalue weighted by Gasteiger charge is -2.36. The number of pyridine rings is 1. The summed E-state index contributed by atoms with van der Waals surface area (Å²) in [5, 5.41) is 7.92. The van der Waals surface area contributed by atoms with E-state index in [1.54, 1.807) is 35.0 Å². The number of aryl methyl sites for hydroxylation is 1. The number of amides is 1. The Hall–Kier alpha value is -4.35. The topological polar surface area (TPSA) is 101 Å². The van der Waals surface area contributed by atoms with Gasteiger partial charge in [-0.05, 0) is 51.0 Å².